The predicted octanol–water partition coefficient (Wildman–Crippen LogP) is 6.95. The van der Waals surface area contributed by atoms with Crippen LogP contribution in [0.1, 0.15) is 82.0 Å². The highest BCUT2D eigenvalue weighted by Gasteiger charge is 2.48. The average molecular weight is 567 g/mol. The van der Waals surface area contributed by atoms with Gasteiger partial charge in [-0.05, 0) is 50.7 Å². The highest BCUT2D eigenvalue weighted by Crippen LogP contribution is 2.46. The average Bonchev–Trinajstić information content (AvgIpc) is 3.40. The number of benzene rings is 1. The second-order valence-corrected chi connectivity index (χ2v) is 11.2. The minimum absolute atomic E-state index is 0.0795. The summed E-state index contributed by atoms with van der Waals surface area (Å²) in [5, 5.41) is 9.80. The fourth-order valence-corrected chi connectivity index (χ4v) is 6.48. The topological polar surface area (TPSA) is 85.2 Å². The zero-order valence-electron chi connectivity index (χ0n) is 20.7. The fourth-order valence-electron chi connectivity index (χ4n) is 4.94. The number of rotatable bonds is 5. The number of hydrogen-bond donors (Lipinski definition) is 2. The largest absolute Gasteiger partial charge is 0.459 e. The van der Waals surface area contributed by atoms with Crippen LogP contribution in [0.2, 0.25) is 5.02 Å². The van der Waals surface area contributed by atoms with Crippen LogP contribution in [0, 0.1) is 0 Å². The summed E-state index contributed by atoms with van der Waals surface area (Å²) in [5.41, 5.74) is 1.45. The van der Waals surface area contributed by atoms with Crippen LogP contribution < -0.4 is 10.6 Å². The zero-order chi connectivity index (χ0) is 27.2. The molecule has 2 N–H and O–H groups in total. The number of alkyl halides is 3. The summed E-state index contributed by atoms with van der Waals surface area (Å²) in [6, 6.07) is 6.07. The molecule has 0 spiro atoms. The molecule has 1 aliphatic heterocycles. The molecule has 0 unspecified atom stereocenters. The van der Waals surface area contributed by atoms with Crippen LogP contribution in [0.15, 0.2) is 30.3 Å². The number of carbonyl (C=O) groups is 2. The number of esters is 1. The summed E-state index contributed by atoms with van der Waals surface area (Å²) in [6.45, 7) is 3.47. The van der Waals surface area contributed by atoms with Gasteiger partial charge in [0.05, 0.1) is 17.7 Å². The molecule has 0 radical (unpaired) electrons. The Labute approximate surface area is 226 Å². The molecule has 1 aliphatic carbocycles. The molecular weight excluding hydrogens is 541 g/mol. The fraction of sp³-hybridized carbons (Fsp3) is 0.423. The van der Waals surface area contributed by atoms with E-state index in [4.69, 9.17) is 16.3 Å². The number of amides is 1. The highest BCUT2D eigenvalue weighted by atomic mass is 35.5. The van der Waals surface area contributed by atoms with E-state index in [1.165, 1.54) is 11.3 Å². The number of carbonyl (C=O) groups excluding carboxylic acids is 2. The van der Waals surface area contributed by atoms with Crippen LogP contribution in [0.5, 0.6) is 0 Å². The van der Waals surface area contributed by atoms with E-state index < -0.39 is 30.1 Å². The lowest BCUT2D eigenvalue weighted by atomic mass is 9.95. The standard InChI is InChI=1S/C26H26ClF3N4O3S/c1-13(2)37-25(36)19-15-10-6-7-11-17(15)38-24(19)32-23(35)21-20(27)22-31-16(14-8-4-3-5-9-14)12-18(26(28,29)30)34(22)33-21/h3-5,8-9,13,16,18,31H,6-7,10-12H2,1-2H3,(H,32,35)/t16-,18-/m1/s1. The first kappa shape index (κ1) is 26.6. The van der Waals surface area contributed by atoms with Crippen LogP contribution in [0.4, 0.5) is 24.0 Å². The number of nitrogens with one attached hydrogen (secondary N) is 2. The Hall–Kier alpha value is -3.05. The van der Waals surface area contributed by atoms with Gasteiger partial charge in [-0.3, -0.25) is 4.79 Å². The molecular formula is C26H26ClF3N4O3S. The second-order valence-electron chi connectivity index (χ2n) is 9.68. The molecule has 3 aromatic rings. The van der Waals surface area contributed by atoms with Crippen molar-refractivity contribution < 1.29 is 27.5 Å². The monoisotopic (exact) mass is 566 g/mol. The number of aryl methyl sites for hydroxylation is 1. The van der Waals surface area contributed by atoms with Gasteiger partial charge in [-0.25, -0.2) is 9.48 Å². The van der Waals surface area contributed by atoms with Gasteiger partial charge in [0.2, 0.25) is 0 Å². The van der Waals surface area contributed by atoms with Crippen LogP contribution in [0.25, 0.3) is 0 Å². The molecule has 38 heavy (non-hydrogen) atoms. The number of ether oxygens (including phenoxy) is 1. The number of thiophene rings is 1. The first-order valence-corrected chi connectivity index (χ1v) is 13.6. The second kappa shape index (κ2) is 10.3. The Balaban J connectivity index is 1.50. The van der Waals surface area contributed by atoms with E-state index in [-0.39, 0.29) is 34.1 Å². The Kier molecular flexibility index (Phi) is 7.17. The van der Waals surface area contributed by atoms with Gasteiger partial charge in [-0.15, -0.1) is 11.3 Å². The van der Waals surface area contributed by atoms with Gasteiger partial charge in [0.15, 0.2) is 11.7 Å². The van der Waals surface area contributed by atoms with Gasteiger partial charge >= 0.3 is 12.1 Å². The van der Waals surface area contributed by atoms with Gasteiger partial charge in [-0.1, -0.05) is 41.9 Å². The number of aromatic nitrogens is 2. The van der Waals surface area contributed by atoms with Crippen LogP contribution in [-0.2, 0) is 17.6 Å². The molecule has 5 rings (SSSR count). The van der Waals surface area contributed by atoms with E-state index >= 15 is 0 Å². The summed E-state index contributed by atoms with van der Waals surface area (Å²) in [6.07, 6.45) is -1.96. The van der Waals surface area contributed by atoms with E-state index in [2.05, 4.69) is 15.7 Å². The van der Waals surface area contributed by atoms with Crippen LogP contribution in [0.3, 0.4) is 0 Å². The summed E-state index contributed by atoms with van der Waals surface area (Å²) < 4.78 is 48.4. The SMILES string of the molecule is CC(C)OC(=O)c1c(NC(=O)c2nn3c(c2Cl)N[C@@H](c2ccccc2)C[C@@H]3C(F)(F)F)sc2c1CCCC2. The van der Waals surface area contributed by atoms with Gasteiger partial charge in [-0.2, -0.15) is 18.3 Å². The van der Waals surface area contributed by atoms with Crippen molar-refractivity contribution in [3.63, 3.8) is 0 Å². The van der Waals surface area contributed by atoms with Crippen molar-refractivity contribution in [3.8, 4) is 0 Å². The molecule has 2 aromatic heterocycles. The van der Waals surface area contributed by atoms with E-state index in [0.717, 1.165) is 34.4 Å². The molecule has 2 atom stereocenters. The van der Waals surface area contributed by atoms with Crippen LogP contribution >= 0.6 is 22.9 Å². The Bertz CT molecular complexity index is 1370. The summed E-state index contributed by atoms with van der Waals surface area (Å²) in [4.78, 5) is 27.3. The predicted molar refractivity (Wildman–Crippen MR) is 139 cm³/mol. The highest BCUT2D eigenvalue weighted by molar-refractivity contribution is 7.17. The first-order chi connectivity index (χ1) is 18.0. The minimum Gasteiger partial charge on any atom is -0.459 e. The maximum Gasteiger partial charge on any atom is 0.410 e. The Morgan fingerprint density at radius 3 is 2.61 bits per heavy atom. The molecule has 202 valence electrons. The van der Waals surface area contributed by atoms with E-state index in [1.54, 1.807) is 44.2 Å². The van der Waals surface area contributed by atoms with Crippen molar-refractivity contribution in [1.29, 1.82) is 0 Å². The van der Waals surface area contributed by atoms with Gasteiger partial charge < -0.3 is 15.4 Å². The third-order valence-electron chi connectivity index (χ3n) is 6.66. The third kappa shape index (κ3) is 5.01. The van der Waals surface area contributed by atoms with Crippen molar-refractivity contribution in [2.75, 3.05) is 10.6 Å². The zero-order valence-corrected chi connectivity index (χ0v) is 22.3. The Morgan fingerprint density at radius 1 is 1.21 bits per heavy atom. The molecule has 0 bridgehead atoms. The molecule has 0 fully saturated rings. The maximum atomic E-state index is 14.1. The molecule has 2 aliphatic rings. The van der Waals surface area contributed by atoms with Crippen molar-refractivity contribution >= 4 is 45.6 Å². The van der Waals surface area contributed by atoms with Gasteiger partial charge in [0, 0.05) is 11.3 Å². The van der Waals surface area contributed by atoms with Crippen molar-refractivity contribution in [3.05, 3.63) is 62.6 Å². The molecule has 1 amide bonds. The summed E-state index contributed by atoms with van der Waals surface area (Å²) >= 11 is 7.76. The first-order valence-electron chi connectivity index (χ1n) is 12.4. The lowest BCUT2D eigenvalue weighted by Crippen LogP contribution is -2.35. The normalized spacial score (nSPS) is 18.9. The molecule has 1 aromatic carbocycles. The number of fused-ring (bicyclic) bond motifs is 2. The quantitative estimate of drug-likeness (QED) is 0.326. The molecule has 0 saturated carbocycles. The van der Waals surface area contributed by atoms with Crippen molar-refractivity contribution in [1.82, 2.24) is 9.78 Å². The van der Waals surface area contributed by atoms with Crippen LogP contribution in [-0.4, -0.2) is 33.9 Å². The molecule has 3 heterocycles. The minimum atomic E-state index is -4.62. The van der Waals surface area contributed by atoms with E-state index in [0.29, 0.717) is 17.5 Å². The molecule has 0 saturated heterocycles. The summed E-state index contributed by atoms with van der Waals surface area (Å²) in [5.74, 6) is -1.42. The smallest absolute Gasteiger partial charge is 0.410 e. The molecule has 12 heteroatoms. The van der Waals surface area contributed by atoms with E-state index in [9.17, 15) is 22.8 Å². The maximum absolute atomic E-state index is 14.1. The number of anilines is 2. The lowest BCUT2D eigenvalue weighted by Gasteiger charge is -2.33. The number of nitrogens with zero attached hydrogens (tertiary/aromatic N) is 2. The van der Waals surface area contributed by atoms with Crippen molar-refractivity contribution in [2.24, 2.45) is 0 Å². The lowest BCUT2D eigenvalue weighted by molar-refractivity contribution is -0.173. The van der Waals surface area contributed by atoms with E-state index in [1.807, 2.05) is 0 Å². The molecule has 7 nitrogen and oxygen atoms in total. The van der Waals surface area contributed by atoms with Crippen molar-refractivity contribution in [2.45, 2.75) is 70.3 Å². The third-order valence-corrected chi connectivity index (χ3v) is 8.22. The number of hydrogen-bond acceptors (Lipinski definition) is 6. The van der Waals surface area contributed by atoms with Gasteiger partial charge in [0.25, 0.3) is 5.91 Å². The van der Waals surface area contributed by atoms with Gasteiger partial charge in [0.1, 0.15) is 15.8 Å². The Morgan fingerprint density at radius 2 is 1.92 bits per heavy atom. The summed E-state index contributed by atoms with van der Waals surface area (Å²) in [7, 11) is 0. The number of halogens is 4.